The average Bonchev–Trinajstić information content (AvgIpc) is 2.95. The maximum Gasteiger partial charge on any atom is 0.282 e. The fourth-order valence-electron chi connectivity index (χ4n) is 5.61. The third kappa shape index (κ3) is 50.1. The monoisotopic (exact) mass is 607 g/mol. The van der Waals surface area contributed by atoms with Crippen molar-refractivity contribution in [2.45, 2.75) is 219 Å². The molecule has 0 unspecified atom stereocenters. The van der Waals surface area contributed by atoms with Gasteiger partial charge >= 0.3 is 0 Å². The van der Waals surface area contributed by atoms with Crippen LogP contribution in [-0.2, 0) is 4.74 Å². The van der Waals surface area contributed by atoms with E-state index in [0.717, 1.165) is 13.2 Å². The number of hydrogen-bond donors (Lipinski definition) is 1. The quantitative estimate of drug-likeness (QED) is 0.0739. The lowest BCUT2D eigenvalue weighted by Crippen LogP contribution is -2.30. The molecule has 0 saturated carbocycles. The normalized spacial score (nSPS) is 11.3. The zero-order valence-electron chi connectivity index (χ0n) is 28.1. The predicted molar refractivity (Wildman–Crippen MR) is 172 cm³/mol. The van der Waals surface area contributed by atoms with Gasteiger partial charge in [-0.3, -0.25) is 0 Å². The third-order valence-electron chi connectivity index (χ3n) is 8.28. The molecule has 0 aromatic carbocycles. The summed E-state index contributed by atoms with van der Waals surface area (Å²) in [5, 5.41) is 0. The number of hydrogen-bond acceptors (Lipinski definition) is 4. The van der Waals surface area contributed by atoms with Gasteiger partial charge in [-0.1, -0.05) is 206 Å². The minimum absolute atomic E-state index is 0.997. The Morgan fingerprint density at radius 3 is 0.659 bits per heavy atom. The predicted octanol–water partition coefficient (Wildman–Crippen LogP) is 10.6. The van der Waals surface area contributed by atoms with Crippen LogP contribution in [0.25, 0.3) is 0 Å². The van der Waals surface area contributed by atoms with E-state index in [9.17, 15) is 0 Å². The summed E-state index contributed by atoms with van der Waals surface area (Å²) in [6.45, 7) is 6.60. The Bertz CT molecular complexity index is 386. The smallest absolute Gasteiger partial charge is 0.282 e. The molecule has 0 saturated heterocycles. The SMILES string of the molecule is CCCCCCCCCCCCCCCCCCOCCCCCCCCCCCCCCCCCC.[O-][Cl+2]([O-])O. The summed E-state index contributed by atoms with van der Waals surface area (Å²) in [6, 6.07) is 0. The van der Waals surface area contributed by atoms with Crippen molar-refractivity contribution in [3.8, 4) is 0 Å². The first kappa shape index (κ1) is 43.3. The van der Waals surface area contributed by atoms with Crippen molar-refractivity contribution >= 4 is 0 Å². The third-order valence-corrected chi connectivity index (χ3v) is 8.28. The van der Waals surface area contributed by atoms with Crippen LogP contribution in [0, 0.1) is 10.8 Å². The molecule has 250 valence electrons. The number of halogens is 1. The maximum atomic E-state index is 8.52. The highest BCUT2D eigenvalue weighted by Gasteiger charge is 1.97. The Kier molecular flexibility index (Phi) is 44.6. The molecule has 0 aliphatic heterocycles. The highest BCUT2D eigenvalue weighted by atomic mass is 35.6. The maximum absolute atomic E-state index is 8.52. The second kappa shape index (κ2) is 42.3. The van der Waals surface area contributed by atoms with E-state index >= 15 is 0 Å². The second-order valence-corrected chi connectivity index (χ2v) is 12.8. The van der Waals surface area contributed by atoms with Crippen LogP contribution >= 0.6 is 0 Å². The Balaban J connectivity index is 0. The molecule has 0 aromatic rings. The van der Waals surface area contributed by atoms with E-state index in [-0.39, 0.29) is 0 Å². The van der Waals surface area contributed by atoms with Gasteiger partial charge in [0.25, 0.3) is 10.8 Å². The molecule has 0 heterocycles. The first-order valence-electron chi connectivity index (χ1n) is 18.5. The lowest BCUT2D eigenvalue weighted by Gasteiger charge is -2.06. The van der Waals surface area contributed by atoms with Crippen LogP contribution in [0.2, 0.25) is 0 Å². The summed E-state index contributed by atoms with van der Waals surface area (Å²) in [6.07, 6.45) is 46.0. The molecule has 0 spiro atoms. The van der Waals surface area contributed by atoms with E-state index in [4.69, 9.17) is 18.7 Å². The Morgan fingerprint density at radius 2 is 0.488 bits per heavy atom. The molecule has 0 rings (SSSR count). The minimum Gasteiger partial charge on any atom is -0.381 e. The van der Waals surface area contributed by atoms with Gasteiger partial charge in [0.15, 0.2) is 0 Å². The standard InChI is InChI=1S/C36H74O.ClHO3/c1-3-5-7-9-11-13-15-17-19-21-23-25-27-29-31-33-35-37-36-34-32-30-28-26-24-22-20-18-16-14-12-10-8-6-4-2;2-1(3)4/h3-36H2,1-2H3;2H. The van der Waals surface area contributed by atoms with Crippen molar-refractivity contribution in [3.63, 3.8) is 0 Å². The molecule has 0 aliphatic rings. The summed E-state index contributed by atoms with van der Waals surface area (Å²) in [4.78, 5) is 0. The fraction of sp³-hybridized carbons (Fsp3) is 1.00. The van der Waals surface area contributed by atoms with Crippen LogP contribution in [0.5, 0.6) is 0 Å². The van der Waals surface area contributed by atoms with Crippen molar-refractivity contribution < 1.29 is 29.5 Å². The Morgan fingerprint density at radius 1 is 0.341 bits per heavy atom. The lowest BCUT2D eigenvalue weighted by atomic mass is 10.0. The van der Waals surface area contributed by atoms with Gasteiger partial charge < -0.3 is 14.1 Å². The zero-order valence-corrected chi connectivity index (χ0v) is 28.8. The molecule has 0 fully saturated rings. The van der Waals surface area contributed by atoms with Crippen LogP contribution < -0.4 is 9.32 Å². The topological polar surface area (TPSA) is 75.6 Å². The Labute approximate surface area is 261 Å². The molecule has 0 radical (unpaired) electrons. The van der Waals surface area contributed by atoms with Gasteiger partial charge in [0.05, 0.1) is 0 Å². The van der Waals surface area contributed by atoms with Gasteiger partial charge in [0.1, 0.15) is 0 Å². The van der Waals surface area contributed by atoms with Crippen LogP contribution in [0.15, 0.2) is 0 Å². The molecule has 41 heavy (non-hydrogen) atoms. The van der Waals surface area contributed by atoms with Gasteiger partial charge in [0.2, 0.25) is 0 Å². The van der Waals surface area contributed by atoms with Crippen molar-refractivity contribution in [1.82, 2.24) is 0 Å². The van der Waals surface area contributed by atoms with Gasteiger partial charge in [-0.25, -0.2) is 0 Å². The fourth-order valence-corrected chi connectivity index (χ4v) is 5.61. The molecular weight excluding hydrogens is 532 g/mol. The van der Waals surface area contributed by atoms with Crippen LogP contribution in [0.1, 0.15) is 219 Å². The van der Waals surface area contributed by atoms with E-state index < -0.39 is 10.8 Å². The molecule has 0 amide bonds. The first-order chi connectivity index (χ1) is 20.1. The molecule has 0 atom stereocenters. The molecule has 4 nitrogen and oxygen atoms in total. The summed E-state index contributed by atoms with van der Waals surface area (Å²) in [5.41, 5.74) is 0. The van der Waals surface area contributed by atoms with Crippen LogP contribution in [0.4, 0.5) is 0 Å². The van der Waals surface area contributed by atoms with Crippen LogP contribution in [0.3, 0.4) is 0 Å². The van der Waals surface area contributed by atoms with Gasteiger partial charge in [-0.05, 0) is 12.8 Å². The summed E-state index contributed by atoms with van der Waals surface area (Å²) >= 11 is 0. The van der Waals surface area contributed by atoms with Crippen molar-refractivity contribution in [3.05, 3.63) is 0 Å². The minimum atomic E-state index is -2.60. The first-order valence-corrected chi connectivity index (χ1v) is 19.4. The van der Waals surface area contributed by atoms with Crippen molar-refractivity contribution in [2.75, 3.05) is 13.2 Å². The van der Waals surface area contributed by atoms with E-state index in [1.165, 1.54) is 205 Å². The average molecular weight is 607 g/mol. The summed E-state index contributed by atoms with van der Waals surface area (Å²) < 4.78 is 29.8. The molecule has 0 bridgehead atoms. The van der Waals surface area contributed by atoms with E-state index in [1.54, 1.807) is 0 Å². The lowest BCUT2D eigenvalue weighted by molar-refractivity contribution is -1.63. The zero-order chi connectivity index (χ0) is 30.3. The van der Waals surface area contributed by atoms with E-state index in [0.29, 0.717) is 0 Å². The Hall–Kier alpha value is 0.130. The molecular formula is C36H75ClO4. The number of unbranched alkanes of at least 4 members (excludes halogenated alkanes) is 30. The van der Waals surface area contributed by atoms with Gasteiger partial charge in [-0.15, -0.1) is 0 Å². The molecule has 5 heteroatoms. The molecule has 0 aliphatic carbocycles. The molecule has 1 N–H and O–H groups in total. The van der Waals surface area contributed by atoms with Gasteiger partial charge in [-0.2, -0.15) is 0 Å². The van der Waals surface area contributed by atoms with Crippen molar-refractivity contribution in [1.29, 1.82) is 0 Å². The van der Waals surface area contributed by atoms with E-state index in [2.05, 4.69) is 13.8 Å². The highest BCUT2D eigenvalue weighted by Crippen LogP contribution is 2.15. The van der Waals surface area contributed by atoms with Crippen molar-refractivity contribution in [2.24, 2.45) is 0 Å². The number of ether oxygens (including phenoxy) is 1. The number of rotatable bonds is 34. The van der Waals surface area contributed by atoms with Crippen LogP contribution in [-0.4, -0.2) is 17.9 Å². The summed E-state index contributed by atoms with van der Waals surface area (Å²) in [7, 11) is -2.60. The highest BCUT2D eigenvalue weighted by molar-refractivity contribution is 4.52. The molecule has 0 aromatic heterocycles. The van der Waals surface area contributed by atoms with E-state index in [1.807, 2.05) is 0 Å². The second-order valence-electron chi connectivity index (χ2n) is 12.4. The summed E-state index contributed by atoms with van der Waals surface area (Å²) in [5.74, 6) is 0. The van der Waals surface area contributed by atoms with Gasteiger partial charge in [0, 0.05) is 17.9 Å². The largest absolute Gasteiger partial charge is 0.381 e.